The van der Waals surface area contributed by atoms with E-state index in [-0.39, 0.29) is 0 Å². The molecule has 0 aliphatic rings. The average Bonchev–Trinajstić information content (AvgIpc) is 2.30. The predicted molar refractivity (Wildman–Crippen MR) is 66.8 cm³/mol. The van der Waals surface area contributed by atoms with Gasteiger partial charge >= 0.3 is 95.2 Å². The Labute approximate surface area is 95.3 Å². The van der Waals surface area contributed by atoms with E-state index in [9.17, 15) is 0 Å². The second-order valence-corrected chi connectivity index (χ2v) is 9.21. The van der Waals surface area contributed by atoms with Crippen LogP contribution in [0.5, 0.6) is 0 Å². The van der Waals surface area contributed by atoms with Gasteiger partial charge in [-0.2, -0.15) is 0 Å². The Kier molecular flexibility index (Phi) is 3.21. The fourth-order valence-corrected chi connectivity index (χ4v) is 3.02. The van der Waals surface area contributed by atoms with Gasteiger partial charge in [-0.05, 0) is 0 Å². The standard InChI is InChI=1S/C13H14GeN/c1-14(2)12-8-9-13(15-10-12)11-6-4-3-5-7-11/h3-10H,1-2H3. The van der Waals surface area contributed by atoms with E-state index in [1.807, 2.05) is 24.4 Å². The first kappa shape index (κ1) is 10.4. The van der Waals surface area contributed by atoms with E-state index < -0.39 is 14.3 Å². The normalized spacial score (nSPS) is 10.6. The number of pyridine rings is 1. The molecule has 1 aromatic carbocycles. The molecule has 1 heterocycles. The first-order valence-corrected chi connectivity index (χ1v) is 10.3. The van der Waals surface area contributed by atoms with Gasteiger partial charge in [0.2, 0.25) is 0 Å². The number of hydrogen-bond donors (Lipinski definition) is 0. The van der Waals surface area contributed by atoms with Crippen molar-refractivity contribution >= 4 is 18.7 Å². The Balaban J connectivity index is 2.32. The van der Waals surface area contributed by atoms with Crippen molar-refractivity contribution in [2.24, 2.45) is 0 Å². The summed E-state index contributed by atoms with van der Waals surface area (Å²) in [6, 6.07) is 14.7. The molecular weight excluding hydrogens is 243 g/mol. The molecule has 0 unspecified atom stereocenters. The van der Waals surface area contributed by atoms with Crippen LogP contribution in [0.4, 0.5) is 0 Å². The summed E-state index contributed by atoms with van der Waals surface area (Å²) in [5.74, 6) is 4.69. The van der Waals surface area contributed by atoms with Crippen LogP contribution < -0.4 is 4.40 Å². The van der Waals surface area contributed by atoms with Gasteiger partial charge in [0.1, 0.15) is 0 Å². The molecule has 0 N–H and O–H groups in total. The van der Waals surface area contributed by atoms with Crippen LogP contribution in [0.25, 0.3) is 11.3 Å². The molecule has 0 aliphatic heterocycles. The summed E-state index contributed by atoms with van der Waals surface area (Å²) in [6.45, 7) is 0. The molecule has 0 saturated heterocycles. The van der Waals surface area contributed by atoms with Gasteiger partial charge in [0, 0.05) is 0 Å². The Hall–Kier alpha value is -1.09. The van der Waals surface area contributed by atoms with E-state index in [0.717, 1.165) is 5.69 Å². The van der Waals surface area contributed by atoms with Gasteiger partial charge in [0.15, 0.2) is 0 Å². The van der Waals surface area contributed by atoms with Gasteiger partial charge in [-0.3, -0.25) is 0 Å². The molecule has 15 heavy (non-hydrogen) atoms. The van der Waals surface area contributed by atoms with E-state index in [0.29, 0.717) is 0 Å². The molecular formula is C13H14GeN. The van der Waals surface area contributed by atoms with Crippen LogP contribution in [0.2, 0.25) is 11.5 Å². The molecule has 0 atom stereocenters. The summed E-state index contributed by atoms with van der Waals surface area (Å²) in [5, 5.41) is 0. The third-order valence-corrected chi connectivity index (χ3v) is 5.45. The topological polar surface area (TPSA) is 12.9 Å². The van der Waals surface area contributed by atoms with Crippen molar-refractivity contribution in [3.05, 3.63) is 48.7 Å². The quantitative estimate of drug-likeness (QED) is 0.753. The molecule has 1 nitrogen and oxygen atoms in total. The van der Waals surface area contributed by atoms with Crippen LogP contribution in [0.1, 0.15) is 0 Å². The predicted octanol–water partition coefficient (Wildman–Crippen LogP) is 2.71. The molecule has 2 aromatic rings. The van der Waals surface area contributed by atoms with Crippen molar-refractivity contribution in [3.8, 4) is 11.3 Å². The summed E-state index contributed by atoms with van der Waals surface area (Å²) < 4.78 is 1.45. The van der Waals surface area contributed by atoms with Gasteiger partial charge < -0.3 is 0 Å². The van der Waals surface area contributed by atoms with Crippen molar-refractivity contribution < 1.29 is 0 Å². The molecule has 0 aliphatic carbocycles. The van der Waals surface area contributed by atoms with Crippen LogP contribution >= 0.6 is 0 Å². The van der Waals surface area contributed by atoms with Crippen molar-refractivity contribution in [3.63, 3.8) is 0 Å². The summed E-state index contributed by atoms with van der Waals surface area (Å²) in [5.41, 5.74) is 2.26. The van der Waals surface area contributed by atoms with Crippen molar-refractivity contribution in [2.75, 3.05) is 0 Å². The first-order valence-electron chi connectivity index (χ1n) is 5.09. The zero-order valence-electron chi connectivity index (χ0n) is 9.07. The number of hydrogen-bond acceptors (Lipinski definition) is 1. The minimum absolute atomic E-state index is 0.956. The zero-order valence-corrected chi connectivity index (χ0v) is 11.2. The van der Waals surface area contributed by atoms with Gasteiger partial charge in [-0.1, -0.05) is 0 Å². The van der Waals surface area contributed by atoms with Crippen LogP contribution in [0.15, 0.2) is 48.7 Å². The molecule has 75 valence electrons. The molecule has 2 heteroatoms. The third kappa shape index (κ3) is 2.48. The third-order valence-electron chi connectivity index (χ3n) is 2.41. The Morgan fingerprint density at radius 3 is 2.20 bits per heavy atom. The van der Waals surface area contributed by atoms with Gasteiger partial charge in [0.25, 0.3) is 0 Å². The second-order valence-electron chi connectivity index (χ2n) is 3.80. The monoisotopic (exact) mass is 258 g/mol. The van der Waals surface area contributed by atoms with E-state index in [1.54, 1.807) is 0 Å². The molecule has 0 bridgehead atoms. The fraction of sp³-hybridized carbons (Fsp3) is 0.154. The van der Waals surface area contributed by atoms with E-state index in [1.165, 1.54) is 9.96 Å². The van der Waals surface area contributed by atoms with E-state index in [4.69, 9.17) is 0 Å². The molecule has 1 radical (unpaired) electrons. The zero-order chi connectivity index (χ0) is 10.7. The van der Waals surface area contributed by atoms with E-state index in [2.05, 4.69) is 40.8 Å². The van der Waals surface area contributed by atoms with Gasteiger partial charge in [0.05, 0.1) is 0 Å². The fourth-order valence-electron chi connectivity index (χ4n) is 1.47. The average molecular weight is 257 g/mol. The summed E-state index contributed by atoms with van der Waals surface area (Å²) in [7, 11) is 0. The molecule has 0 saturated carbocycles. The van der Waals surface area contributed by atoms with Crippen molar-refractivity contribution in [1.29, 1.82) is 0 Å². The van der Waals surface area contributed by atoms with Crippen LogP contribution in [-0.4, -0.2) is 19.3 Å². The Morgan fingerprint density at radius 1 is 0.933 bits per heavy atom. The van der Waals surface area contributed by atoms with Crippen LogP contribution in [0.3, 0.4) is 0 Å². The maximum atomic E-state index is 4.51. The Morgan fingerprint density at radius 2 is 1.67 bits per heavy atom. The Bertz CT molecular complexity index is 420. The minimum atomic E-state index is -0.956. The van der Waals surface area contributed by atoms with Crippen LogP contribution in [-0.2, 0) is 0 Å². The van der Waals surface area contributed by atoms with Crippen molar-refractivity contribution in [2.45, 2.75) is 11.5 Å². The summed E-state index contributed by atoms with van der Waals surface area (Å²) in [4.78, 5) is 4.51. The maximum absolute atomic E-state index is 4.51. The molecule has 0 fully saturated rings. The van der Waals surface area contributed by atoms with E-state index >= 15 is 0 Å². The second kappa shape index (κ2) is 4.62. The summed E-state index contributed by atoms with van der Waals surface area (Å²) in [6.07, 6.45) is 2.04. The molecule has 0 spiro atoms. The number of rotatable bonds is 2. The van der Waals surface area contributed by atoms with Crippen molar-refractivity contribution in [1.82, 2.24) is 4.98 Å². The first-order chi connectivity index (χ1) is 7.27. The van der Waals surface area contributed by atoms with Gasteiger partial charge in [-0.25, -0.2) is 0 Å². The number of nitrogens with zero attached hydrogens (tertiary/aromatic N) is 1. The molecule has 2 rings (SSSR count). The molecule has 1 aromatic heterocycles. The SMILES string of the molecule is [CH3][Ge]([CH3])[c]1ccc(-c2ccccc2)nc1. The number of benzene rings is 1. The number of aromatic nitrogens is 1. The van der Waals surface area contributed by atoms with Gasteiger partial charge in [-0.15, -0.1) is 0 Å². The van der Waals surface area contributed by atoms with Crippen LogP contribution in [0, 0.1) is 0 Å². The summed E-state index contributed by atoms with van der Waals surface area (Å²) >= 11 is -0.956. The molecule has 0 amide bonds.